The lowest BCUT2D eigenvalue weighted by molar-refractivity contribution is -0.149. The Morgan fingerprint density at radius 2 is 1.27 bits per heavy atom. The molecule has 12 N–H and O–H groups in total. The fourth-order valence-corrected chi connectivity index (χ4v) is 6.95. The number of ether oxygens (including phenoxy) is 1. The molecule has 338 valence electrons. The molecule has 2 rings (SSSR count). The van der Waals surface area contributed by atoms with Crippen LogP contribution in [-0.4, -0.2) is 149 Å². The molecule has 0 bridgehead atoms. The topological polar surface area (TPSA) is 345 Å². The number of amides is 9. The van der Waals surface area contributed by atoms with Crippen molar-refractivity contribution in [1.29, 1.82) is 0 Å². The van der Waals surface area contributed by atoms with Gasteiger partial charge in [0.25, 0.3) is 0 Å². The van der Waals surface area contributed by atoms with Crippen LogP contribution < -0.4 is 43.8 Å². The van der Waals surface area contributed by atoms with Crippen molar-refractivity contribution in [2.24, 2.45) is 29.0 Å². The number of nitrogens with one attached hydrogen (secondary N) is 5. The number of nitrogens with two attached hydrogens (primary N) is 3. The van der Waals surface area contributed by atoms with E-state index in [9.17, 15) is 53.1 Å². The molecule has 0 spiro atoms. The summed E-state index contributed by atoms with van der Waals surface area (Å²) in [4.78, 5) is 132. The molecular formula is C38H64N10O12. The number of aliphatic hydroxyl groups is 1. The highest BCUT2D eigenvalue weighted by Gasteiger charge is 2.42. The van der Waals surface area contributed by atoms with Gasteiger partial charge in [-0.25, -0.2) is 4.79 Å². The van der Waals surface area contributed by atoms with E-state index in [0.29, 0.717) is 19.3 Å². The quantitative estimate of drug-likeness (QED) is 0.0445. The first kappa shape index (κ1) is 50.8. The van der Waals surface area contributed by atoms with Crippen LogP contribution in [0.25, 0.3) is 0 Å². The third-order valence-electron chi connectivity index (χ3n) is 10.6. The van der Waals surface area contributed by atoms with Crippen LogP contribution in [0.5, 0.6) is 0 Å². The van der Waals surface area contributed by atoms with Gasteiger partial charge < -0.3 is 63.4 Å². The van der Waals surface area contributed by atoms with E-state index in [1.165, 1.54) is 16.7 Å². The van der Waals surface area contributed by atoms with Crippen LogP contribution in [0, 0.1) is 11.8 Å². The second kappa shape index (κ2) is 24.0. The van der Waals surface area contributed by atoms with Gasteiger partial charge in [-0.3, -0.25) is 43.2 Å². The third-order valence-corrected chi connectivity index (χ3v) is 10.6. The summed E-state index contributed by atoms with van der Waals surface area (Å²) in [6.45, 7) is 9.22. The van der Waals surface area contributed by atoms with Gasteiger partial charge in [-0.2, -0.15) is 0 Å². The molecule has 0 unspecified atom stereocenters. The van der Waals surface area contributed by atoms with E-state index in [1.54, 1.807) is 34.6 Å². The lowest BCUT2D eigenvalue weighted by Crippen LogP contribution is -2.62. The number of nitrogens with zero attached hydrogens (tertiary/aromatic N) is 2. The minimum Gasteiger partial charge on any atom is -0.464 e. The molecule has 0 aromatic heterocycles. The highest BCUT2D eigenvalue weighted by atomic mass is 16.5. The standard InChI is InChI=1S/C38H64N10O12/c1-7-20(5)30(37(58)48-16-10-11-25(48)33(54)43-23(13-14-27(40)50)38(59)60-8-2)46-32(53)24(18-49)44-35(56)29(19(3)4)45-34(55)26-12-9-15-47(26)36(57)21(6)42-31(52)22(39)17-28(41)51/h19-26,29-30,49H,7-18,39H2,1-6H3,(H2,40,50)(H2,41,51)(H,42,52)(H,43,54)(H,44,56)(H,45,55)(H,46,53)/t20-,21-,22-,23-,24-,25-,26-,29-,30-/m0/s1. The van der Waals surface area contributed by atoms with Gasteiger partial charge in [0.05, 0.1) is 25.7 Å². The molecule has 60 heavy (non-hydrogen) atoms. The molecular weight excluding hydrogens is 788 g/mol. The van der Waals surface area contributed by atoms with Gasteiger partial charge >= 0.3 is 5.97 Å². The van der Waals surface area contributed by atoms with Crippen molar-refractivity contribution in [1.82, 2.24) is 36.4 Å². The number of likely N-dealkylation sites (tertiary alicyclic amines) is 2. The van der Waals surface area contributed by atoms with Crippen LogP contribution in [0.1, 0.15) is 92.9 Å². The summed E-state index contributed by atoms with van der Waals surface area (Å²) in [5.41, 5.74) is 16.0. The Bertz CT molecular complexity index is 1590. The number of carbonyl (C=O) groups excluding carboxylic acids is 10. The normalized spacial score (nSPS) is 19.8. The van der Waals surface area contributed by atoms with Crippen molar-refractivity contribution in [2.45, 2.75) is 141 Å². The number of aliphatic hydroxyl groups excluding tert-OH is 1. The first-order valence-electron chi connectivity index (χ1n) is 20.4. The summed E-state index contributed by atoms with van der Waals surface area (Å²) in [5.74, 6) is -8.32. The molecule has 0 saturated carbocycles. The van der Waals surface area contributed by atoms with E-state index in [4.69, 9.17) is 21.9 Å². The second-order valence-corrected chi connectivity index (χ2v) is 15.6. The molecule has 0 aromatic carbocycles. The number of primary amides is 2. The largest absolute Gasteiger partial charge is 0.464 e. The first-order valence-corrected chi connectivity index (χ1v) is 20.4. The van der Waals surface area contributed by atoms with Gasteiger partial charge in [0.2, 0.25) is 53.2 Å². The smallest absolute Gasteiger partial charge is 0.328 e. The minimum atomic E-state index is -1.57. The average Bonchev–Trinajstić information content (AvgIpc) is 3.89. The van der Waals surface area contributed by atoms with E-state index in [0.717, 1.165) is 0 Å². The van der Waals surface area contributed by atoms with E-state index in [2.05, 4.69) is 26.6 Å². The molecule has 2 heterocycles. The Kier molecular flexibility index (Phi) is 20.3. The molecule has 22 heteroatoms. The summed E-state index contributed by atoms with van der Waals surface area (Å²) in [5, 5.41) is 23.0. The Hall–Kier alpha value is -5.38. The van der Waals surface area contributed by atoms with E-state index < -0.39 is 132 Å². The molecule has 0 aliphatic carbocycles. The summed E-state index contributed by atoms with van der Waals surface area (Å²) in [7, 11) is 0. The lowest BCUT2D eigenvalue weighted by Gasteiger charge is -2.33. The molecule has 9 atom stereocenters. The molecule has 9 amide bonds. The van der Waals surface area contributed by atoms with Crippen LogP contribution in [0.2, 0.25) is 0 Å². The van der Waals surface area contributed by atoms with Gasteiger partial charge in [-0.1, -0.05) is 34.1 Å². The molecule has 0 aromatic rings. The van der Waals surface area contributed by atoms with Crippen molar-refractivity contribution < 1.29 is 57.8 Å². The van der Waals surface area contributed by atoms with Gasteiger partial charge in [0.1, 0.15) is 42.3 Å². The summed E-state index contributed by atoms with van der Waals surface area (Å²) < 4.78 is 5.03. The van der Waals surface area contributed by atoms with E-state index in [-0.39, 0.29) is 45.4 Å². The SMILES string of the molecule is CCOC(=O)[C@H](CCC(N)=O)NC(=O)[C@@H]1CCCN1C(=O)[C@@H](NC(=O)[C@H](CO)NC(=O)[C@@H](NC(=O)[C@@H]1CCCN1C(=O)[C@H](C)NC(=O)[C@@H](N)CC(N)=O)C(C)C)[C@@H](C)CC. The molecule has 2 aliphatic rings. The maximum atomic E-state index is 14.1. The van der Waals surface area contributed by atoms with Crippen LogP contribution in [0.15, 0.2) is 0 Å². The van der Waals surface area contributed by atoms with Crippen molar-refractivity contribution in [3.05, 3.63) is 0 Å². The molecule has 2 fully saturated rings. The Morgan fingerprint density at radius 3 is 1.77 bits per heavy atom. The fraction of sp³-hybridized carbons (Fsp3) is 0.737. The predicted molar refractivity (Wildman–Crippen MR) is 213 cm³/mol. The van der Waals surface area contributed by atoms with Gasteiger partial charge in [0.15, 0.2) is 0 Å². The first-order chi connectivity index (χ1) is 28.2. The fourth-order valence-electron chi connectivity index (χ4n) is 6.95. The lowest BCUT2D eigenvalue weighted by atomic mass is 9.96. The van der Waals surface area contributed by atoms with E-state index in [1.807, 2.05) is 0 Å². The summed E-state index contributed by atoms with van der Waals surface area (Å²) in [6, 6.07) is -9.61. The average molecular weight is 853 g/mol. The monoisotopic (exact) mass is 852 g/mol. The second-order valence-electron chi connectivity index (χ2n) is 15.6. The number of carbonyl (C=O) groups is 10. The van der Waals surface area contributed by atoms with Crippen molar-refractivity contribution in [3.63, 3.8) is 0 Å². The van der Waals surface area contributed by atoms with Crippen LogP contribution in [0.3, 0.4) is 0 Å². The zero-order chi connectivity index (χ0) is 45.4. The predicted octanol–water partition coefficient (Wildman–Crippen LogP) is -3.86. The van der Waals surface area contributed by atoms with Crippen LogP contribution in [-0.2, 0) is 52.7 Å². The van der Waals surface area contributed by atoms with Crippen molar-refractivity contribution in [2.75, 3.05) is 26.3 Å². The maximum Gasteiger partial charge on any atom is 0.328 e. The highest BCUT2D eigenvalue weighted by Crippen LogP contribution is 2.23. The maximum absolute atomic E-state index is 14.1. The van der Waals surface area contributed by atoms with Gasteiger partial charge in [-0.15, -0.1) is 0 Å². The zero-order valence-corrected chi connectivity index (χ0v) is 35.3. The highest BCUT2D eigenvalue weighted by molar-refractivity contribution is 5.98. The van der Waals surface area contributed by atoms with Crippen molar-refractivity contribution >= 4 is 59.1 Å². The Morgan fingerprint density at radius 1 is 0.700 bits per heavy atom. The van der Waals surface area contributed by atoms with Gasteiger partial charge in [0, 0.05) is 19.5 Å². The summed E-state index contributed by atoms with van der Waals surface area (Å²) in [6.07, 6.45) is 1.04. The molecule has 22 nitrogen and oxygen atoms in total. The summed E-state index contributed by atoms with van der Waals surface area (Å²) >= 11 is 0. The number of hydrogen-bond donors (Lipinski definition) is 9. The minimum absolute atomic E-state index is 0.0257. The van der Waals surface area contributed by atoms with Gasteiger partial charge in [-0.05, 0) is 57.8 Å². The van der Waals surface area contributed by atoms with E-state index >= 15 is 0 Å². The molecule has 0 radical (unpaired) electrons. The zero-order valence-electron chi connectivity index (χ0n) is 35.3. The molecule has 2 aliphatic heterocycles. The van der Waals surface area contributed by atoms with Crippen LogP contribution >= 0.6 is 0 Å². The number of esters is 1. The number of rotatable bonds is 23. The van der Waals surface area contributed by atoms with Crippen LogP contribution in [0.4, 0.5) is 0 Å². The number of hydrogen-bond acceptors (Lipinski definition) is 13. The Labute approximate surface area is 349 Å². The molecule has 2 saturated heterocycles. The third kappa shape index (κ3) is 14.4. The Balaban J connectivity index is 2.17. The van der Waals surface area contributed by atoms with Crippen molar-refractivity contribution in [3.8, 4) is 0 Å².